The van der Waals surface area contributed by atoms with E-state index in [-0.39, 0.29) is 12.0 Å². The second kappa shape index (κ2) is 7.59. The molecule has 2 aromatic rings. The van der Waals surface area contributed by atoms with E-state index < -0.39 is 5.79 Å². The van der Waals surface area contributed by atoms with Crippen molar-refractivity contribution in [3.63, 3.8) is 0 Å². The van der Waals surface area contributed by atoms with Crippen LogP contribution in [-0.2, 0) is 25.6 Å². The highest BCUT2D eigenvalue weighted by Crippen LogP contribution is 2.48. The molecule has 0 spiro atoms. The van der Waals surface area contributed by atoms with Crippen LogP contribution in [0.1, 0.15) is 24.8 Å². The SMILES string of the molecule is O=C1CC2CCC(OCc3ccc(-c4cccs4)cc3)(O1)C2N1CCOCC1. The van der Waals surface area contributed by atoms with Crippen LogP contribution in [0.4, 0.5) is 0 Å². The number of ether oxygens (including phenoxy) is 3. The average molecular weight is 400 g/mol. The van der Waals surface area contributed by atoms with Gasteiger partial charge in [-0.05, 0) is 34.9 Å². The van der Waals surface area contributed by atoms with E-state index in [2.05, 4.69) is 46.7 Å². The third-order valence-electron chi connectivity index (χ3n) is 6.16. The summed E-state index contributed by atoms with van der Waals surface area (Å²) in [5.74, 6) is -0.621. The number of carbonyl (C=O) groups excluding carboxylic acids is 1. The number of hydrogen-bond donors (Lipinski definition) is 0. The number of esters is 1. The van der Waals surface area contributed by atoms with Gasteiger partial charge in [-0.25, -0.2) is 0 Å². The van der Waals surface area contributed by atoms with Gasteiger partial charge in [0.25, 0.3) is 0 Å². The summed E-state index contributed by atoms with van der Waals surface area (Å²) in [6, 6.07) is 12.8. The van der Waals surface area contributed by atoms with Gasteiger partial charge in [0.1, 0.15) is 0 Å². The van der Waals surface area contributed by atoms with Crippen LogP contribution in [0.15, 0.2) is 41.8 Å². The van der Waals surface area contributed by atoms with Crippen molar-refractivity contribution in [1.29, 1.82) is 0 Å². The fraction of sp³-hybridized carbons (Fsp3) is 0.500. The molecule has 0 amide bonds. The largest absolute Gasteiger partial charge is 0.431 e. The van der Waals surface area contributed by atoms with Gasteiger partial charge in [0.2, 0.25) is 5.79 Å². The maximum absolute atomic E-state index is 12.2. The van der Waals surface area contributed by atoms with Crippen molar-refractivity contribution in [2.75, 3.05) is 26.3 Å². The van der Waals surface area contributed by atoms with Crippen LogP contribution >= 0.6 is 11.3 Å². The molecule has 1 aromatic heterocycles. The fourth-order valence-electron chi connectivity index (χ4n) is 4.86. The van der Waals surface area contributed by atoms with Crippen molar-refractivity contribution >= 4 is 17.3 Å². The summed E-state index contributed by atoms with van der Waals surface area (Å²) in [6.45, 7) is 3.67. The number of nitrogens with zero attached hydrogens (tertiary/aromatic N) is 1. The van der Waals surface area contributed by atoms with E-state index in [1.165, 1.54) is 10.4 Å². The minimum Gasteiger partial charge on any atom is -0.431 e. The van der Waals surface area contributed by atoms with Crippen molar-refractivity contribution in [3.05, 3.63) is 47.3 Å². The van der Waals surface area contributed by atoms with E-state index in [1.807, 2.05) is 0 Å². The van der Waals surface area contributed by atoms with Crippen molar-refractivity contribution in [2.45, 2.75) is 37.7 Å². The molecule has 2 saturated heterocycles. The Balaban J connectivity index is 1.32. The quantitative estimate of drug-likeness (QED) is 0.718. The number of rotatable bonds is 5. The van der Waals surface area contributed by atoms with E-state index in [1.54, 1.807) is 11.3 Å². The number of fused-ring (bicyclic) bond motifs is 2. The van der Waals surface area contributed by atoms with Crippen LogP contribution in [0, 0.1) is 5.92 Å². The molecule has 1 aliphatic carbocycles. The topological polar surface area (TPSA) is 48.0 Å². The molecule has 5 nitrogen and oxygen atoms in total. The Morgan fingerprint density at radius 1 is 1.18 bits per heavy atom. The summed E-state index contributed by atoms with van der Waals surface area (Å²) in [5, 5.41) is 2.09. The maximum atomic E-state index is 12.2. The average Bonchev–Trinajstić information content (AvgIpc) is 3.34. The van der Waals surface area contributed by atoms with Crippen molar-refractivity contribution in [3.8, 4) is 10.4 Å². The fourth-order valence-corrected chi connectivity index (χ4v) is 5.59. The molecule has 3 heterocycles. The highest BCUT2D eigenvalue weighted by molar-refractivity contribution is 7.13. The molecule has 3 fully saturated rings. The standard InChI is InChI=1S/C22H25NO4S/c24-20-14-18-7-8-22(27-20,21(18)23-9-11-25-12-10-23)26-15-16-3-5-17(6-4-16)19-2-1-13-28-19/h1-6,13,18,21H,7-12,14-15H2. The molecule has 1 aromatic carbocycles. The lowest BCUT2D eigenvalue weighted by atomic mass is 9.93. The van der Waals surface area contributed by atoms with Gasteiger partial charge >= 0.3 is 5.97 Å². The van der Waals surface area contributed by atoms with Gasteiger partial charge in [0.15, 0.2) is 0 Å². The first-order chi connectivity index (χ1) is 13.7. The van der Waals surface area contributed by atoms with Crippen molar-refractivity contribution in [2.24, 2.45) is 5.92 Å². The van der Waals surface area contributed by atoms with Gasteiger partial charge in [0, 0.05) is 24.4 Å². The number of morpholine rings is 1. The molecule has 6 heteroatoms. The third kappa shape index (κ3) is 3.39. The summed E-state index contributed by atoms with van der Waals surface area (Å²) in [7, 11) is 0. The number of hydrogen-bond acceptors (Lipinski definition) is 6. The van der Waals surface area contributed by atoms with Crippen LogP contribution in [0.25, 0.3) is 10.4 Å². The summed E-state index contributed by atoms with van der Waals surface area (Å²) in [6.07, 6.45) is 2.26. The zero-order valence-electron chi connectivity index (χ0n) is 15.8. The van der Waals surface area contributed by atoms with Crippen LogP contribution in [0.5, 0.6) is 0 Å². The molecule has 3 unspecified atom stereocenters. The molecular formula is C22H25NO4S. The monoisotopic (exact) mass is 399 g/mol. The first kappa shape index (κ1) is 18.3. The highest BCUT2D eigenvalue weighted by Gasteiger charge is 2.59. The molecule has 2 bridgehead atoms. The van der Waals surface area contributed by atoms with Gasteiger partial charge < -0.3 is 14.2 Å². The van der Waals surface area contributed by atoms with Gasteiger partial charge in [-0.2, -0.15) is 0 Å². The van der Waals surface area contributed by atoms with E-state index in [0.29, 0.717) is 18.9 Å². The van der Waals surface area contributed by atoms with E-state index >= 15 is 0 Å². The van der Waals surface area contributed by atoms with Gasteiger partial charge in [0.05, 0.1) is 32.3 Å². The van der Waals surface area contributed by atoms with Gasteiger partial charge in [-0.3, -0.25) is 9.69 Å². The van der Waals surface area contributed by atoms with E-state index in [0.717, 1.165) is 44.7 Å². The molecule has 0 radical (unpaired) electrons. The maximum Gasteiger partial charge on any atom is 0.308 e. The number of carbonyl (C=O) groups is 1. The molecule has 2 aliphatic heterocycles. The zero-order chi connectivity index (χ0) is 19.0. The Kier molecular flexibility index (Phi) is 4.97. The number of benzene rings is 1. The molecule has 3 atom stereocenters. The highest BCUT2D eigenvalue weighted by atomic mass is 32.1. The van der Waals surface area contributed by atoms with Crippen LogP contribution < -0.4 is 0 Å². The molecular weight excluding hydrogens is 374 g/mol. The van der Waals surface area contributed by atoms with Crippen LogP contribution in [0.3, 0.4) is 0 Å². The first-order valence-electron chi connectivity index (χ1n) is 10.0. The summed E-state index contributed by atoms with van der Waals surface area (Å²) >= 11 is 1.74. The first-order valence-corrected chi connectivity index (χ1v) is 10.9. The predicted octanol–water partition coefficient (Wildman–Crippen LogP) is 3.69. The molecule has 148 valence electrons. The Bertz CT molecular complexity index is 816. The van der Waals surface area contributed by atoms with Crippen molar-refractivity contribution in [1.82, 2.24) is 4.90 Å². The lowest BCUT2D eigenvalue weighted by Crippen LogP contribution is -2.60. The molecule has 0 N–H and O–H groups in total. The van der Waals surface area contributed by atoms with Crippen molar-refractivity contribution < 1.29 is 19.0 Å². The summed E-state index contributed by atoms with van der Waals surface area (Å²) in [5.41, 5.74) is 2.31. The predicted molar refractivity (Wildman–Crippen MR) is 107 cm³/mol. The Hall–Kier alpha value is -1.73. The summed E-state index contributed by atoms with van der Waals surface area (Å²) < 4.78 is 17.8. The normalized spacial score (nSPS) is 30.4. The summed E-state index contributed by atoms with van der Waals surface area (Å²) in [4.78, 5) is 15.9. The number of thiophene rings is 1. The Morgan fingerprint density at radius 2 is 2.00 bits per heavy atom. The smallest absolute Gasteiger partial charge is 0.308 e. The molecule has 3 aliphatic rings. The van der Waals surface area contributed by atoms with Gasteiger partial charge in [-0.15, -0.1) is 11.3 Å². The second-order valence-electron chi connectivity index (χ2n) is 7.84. The zero-order valence-corrected chi connectivity index (χ0v) is 16.7. The Morgan fingerprint density at radius 3 is 2.75 bits per heavy atom. The second-order valence-corrected chi connectivity index (χ2v) is 8.79. The molecule has 28 heavy (non-hydrogen) atoms. The lowest BCUT2D eigenvalue weighted by molar-refractivity contribution is -0.271. The molecule has 5 rings (SSSR count). The minimum atomic E-state index is -0.816. The van der Waals surface area contributed by atoms with E-state index in [4.69, 9.17) is 14.2 Å². The van der Waals surface area contributed by atoms with E-state index in [9.17, 15) is 4.79 Å². The van der Waals surface area contributed by atoms with Gasteiger partial charge in [-0.1, -0.05) is 30.3 Å². The Labute approximate surface area is 169 Å². The third-order valence-corrected chi connectivity index (χ3v) is 7.08. The van der Waals surface area contributed by atoms with Crippen LogP contribution in [-0.4, -0.2) is 49.0 Å². The lowest BCUT2D eigenvalue weighted by Gasteiger charge is -2.46. The molecule has 1 saturated carbocycles. The van der Waals surface area contributed by atoms with Crippen LogP contribution in [0.2, 0.25) is 0 Å². The minimum absolute atomic E-state index is 0.125.